The molecule has 0 spiro atoms. The van der Waals surface area contributed by atoms with E-state index in [0.29, 0.717) is 5.92 Å². The van der Waals surface area contributed by atoms with Crippen LogP contribution >= 0.6 is 0 Å². The standard InChI is InChI=1S/C32H35/c1-2-3-18-29(21-12-17-26-13-6-4-7-14-26)32(24-27-15-8-5-9-16-27)31-23-22-28-19-10-11-20-30(28)25-31/h4-11,13-16,19-20,22-23,25,32H,2-3,12,17-18,21,24H2,1H3. The third-order valence-electron chi connectivity index (χ3n) is 6.61. The first kappa shape index (κ1) is 22.3. The van der Waals surface area contributed by atoms with Crippen molar-refractivity contribution in [2.24, 2.45) is 0 Å². The first-order chi connectivity index (χ1) is 15.8. The second-order valence-corrected chi connectivity index (χ2v) is 8.95. The van der Waals surface area contributed by atoms with Gasteiger partial charge in [-0.25, -0.2) is 0 Å². The van der Waals surface area contributed by atoms with E-state index in [-0.39, 0.29) is 0 Å². The van der Waals surface area contributed by atoms with Gasteiger partial charge in [0, 0.05) is 0 Å². The van der Waals surface area contributed by atoms with Crippen LogP contribution in [0.15, 0.2) is 103 Å². The van der Waals surface area contributed by atoms with E-state index in [1.54, 1.807) is 5.92 Å². The fraction of sp³-hybridized carbons (Fsp3) is 0.281. The Labute approximate surface area is 194 Å². The summed E-state index contributed by atoms with van der Waals surface area (Å²) in [5, 5.41) is 2.68. The quantitative estimate of drug-likeness (QED) is 0.227. The van der Waals surface area contributed by atoms with Gasteiger partial charge in [-0.15, -0.1) is 0 Å². The SMILES string of the molecule is CCCC[C](CCCc1ccccc1)C(Cc1ccccc1)c1ccc2ccccc2c1. The highest BCUT2D eigenvalue weighted by Gasteiger charge is 2.24. The monoisotopic (exact) mass is 419 g/mol. The normalized spacial score (nSPS) is 12.3. The van der Waals surface area contributed by atoms with Crippen LogP contribution in [0.2, 0.25) is 0 Å². The van der Waals surface area contributed by atoms with E-state index in [2.05, 4.69) is 110 Å². The largest absolute Gasteiger partial charge is 0.0654 e. The van der Waals surface area contributed by atoms with Crippen LogP contribution < -0.4 is 0 Å². The Balaban J connectivity index is 1.60. The highest BCUT2D eigenvalue weighted by atomic mass is 14.3. The van der Waals surface area contributed by atoms with Crippen molar-refractivity contribution in [2.45, 2.75) is 57.8 Å². The fourth-order valence-corrected chi connectivity index (χ4v) is 4.81. The van der Waals surface area contributed by atoms with Gasteiger partial charge in [0.05, 0.1) is 0 Å². The lowest BCUT2D eigenvalue weighted by molar-refractivity contribution is 0.542. The summed E-state index contributed by atoms with van der Waals surface area (Å²) < 4.78 is 0. The van der Waals surface area contributed by atoms with E-state index in [0.717, 1.165) is 12.8 Å². The first-order valence-electron chi connectivity index (χ1n) is 12.2. The molecule has 0 aliphatic carbocycles. The molecule has 0 saturated carbocycles. The number of hydrogen-bond donors (Lipinski definition) is 0. The highest BCUT2D eigenvalue weighted by molar-refractivity contribution is 5.83. The number of benzene rings is 4. The van der Waals surface area contributed by atoms with Gasteiger partial charge in [0.2, 0.25) is 0 Å². The molecule has 1 atom stereocenters. The summed E-state index contributed by atoms with van der Waals surface area (Å²) in [5.74, 6) is 2.20. The molecule has 1 radical (unpaired) electrons. The average molecular weight is 420 g/mol. The molecule has 0 aromatic heterocycles. The Morgan fingerprint density at radius 3 is 1.97 bits per heavy atom. The zero-order valence-corrected chi connectivity index (χ0v) is 19.3. The Morgan fingerprint density at radius 1 is 0.625 bits per heavy atom. The molecule has 4 rings (SSSR count). The molecule has 0 N–H and O–H groups in total. The molecule has 0 fully saturated rings. The Kier molecular flexibility index (Phi) is 8.15. The Hall–Kier alpha value is -2.86. The van der Waals surface area contributed by atoms with E-state index in [4.69, 9.17) is 0 Å². The molecule has 1 unspecified atom stereocenters. The predicted octanol–water partition coefficient (Wildman–Crippen LogP) is 8.95. The fourth-order valence-electron chi connectivity index (χ4n) is 4.81. The van der Waals surface area contributed by atoms with Crippen LogP contribution in [0, 0.1) is 5.92 Å². The lowest BCUT2D eigenvalue weighted by Gasteiger charge is -2.28. The van der Waals surface area contributed by atoms with Gasteiger partial charge in [-0.05, 0) is 71.4 Å². The molecular formula is C32H35. The summed E-state index contributed by atoms with van der Waals surface area (Å²) in [7, 11) is 0. The molecule has 0 nitrogen and oxygen atoms in total. The number of unbranched alkanes of at least 4 members (excludes halogenated alkanes) is 1. The van der Waals surface area contributed by atoms with Crippen LogP contribution in [0.1, 0.15) is 61.6 Å². The topological polar surface area (TPSA) is 0 Å². The van der Waals surface area contributed by atoms with Crippen molar-refractivity contribution in [3.8, 4) is 0 Å². The van der Waals surface area contributed by atoms with Crippen molar-refractivity contribution in [3.05, 3.63) is 126 Å². The summed E-state index contributed by atoms with van der Waals surface area (Å²) >= 11 is 0. The molecule has 4 aromatic rings. The lowest BCUT2D eigenvalue weighted by atomic mass is 9.76. The summed E-state index contributed by atoms with van der Waals surface area (Å²) in [6, 6.07) is 37.9. The van der Waals surface area contributed by atoms with E-state index < -0.39 is 0 Å². The van der Waals surface area contributed by atoms with Crippen LogP contribution in [-0.4, -0.2) is 0 Å². The van der Waals surface area contributed by atoms with Crippen LogP contribution in [0.5, 0.6) is 0 Å². The summed E-state index contributed by atoms with van der Waals surface area (Å²) in [4.78, 5) is 0. The molecule has 0 aliphatic rings. The minimum atomic E-state index is 0.476. The molecule has 4 aromatic carbocycles. The average Bonchev–Trinajstić information content (AvgIpc) is 2.86. The first-order valence-corrected chi connectivity index (χ1v) is 12.2. The second-order valence-electron chi connectivity index (χ2n) is 8.95. The van der Waals surface area contributed by atoms with Gasteiger partial charge in [0.25, 0.3) is 0 Å². The Morgan fingerprint density at radius 2 is 1.25 bits per heavy atom. The molecule has 0 heterocycles. The minimum absolute atomic E-state index is 0.476. The van der Waals surface area contributed by atoms with Gasteiger partial charge in [-0.1, -0.05) is 123 Å². The zero-order valence-electron chi connectivity index (χ0n) is 19.3. The number of aryl methyl sites for hydroxylation is 1. The maximum absolute atomic E-state index is 2.44. The predicted molar refractivity (Wildman–Crippen MR) is 139 cm³/mol. The maximum atomic E-state index is 2.44. The summed E-state index contributed by atoms with van der Waals surface area (Å²) in [6.07, 6.45) is 8.43. The second kappa shape index (κ2) is 11.7. The van der Waals surface area contributed by atoms with E-state index in [1.807, 2.05) is 0 Å². The molecule has 0 aliphatic heterocycles. The Bertz CT molecular complexity index is 1060. The lowest BCUT2D eigenvalue weighted by Crippen LogP contribution is -2.15. The van der Waals surface area contributed by atoms with Gasteiger partial charge in [0.15, 0.2) is 0 Å². The third-order valence-corrected chi connectivity index (χ3v) is 6.61. The zero-order chi connectivity index (χ0) is 22.0. The molecule has 0 bridgehead atoms. The molecule has 163 valence electrons. The van der Waals surface area contributed by atoms with Crippen LogP contribution in [0.4, 0.5) is 0 Å². The smallest absolute Gasteiger partial charge is 0.00591 e. The van der Waals surface area contributed by atoms with Gasteiger partial charge in [-0.2, -0.15) is 0 Å². The molecule has 0 saturated heterocycles. The van der Waals surface area contributed by atoms with Gasteiger partial charge >= 0.3 is 0 Å². The van der Waals surface area contributed by atoms with Crippen molar-refractivity contribution >= 4 is 10.8 Å². The molecule has 32 heavy (non-hydrogen) atoms. The third kappa shape index (κ3) is 6.10. The molecule has 0 heteroatoms. The van der Waals surface area contributed by atoms with Gasteiger partial charge in [0.1, 0.15) is 0 Å². The molecular weight excluding hydrogens is 384 g/mol. The van der Waals surface area contributed by atoms with Crippen molar-refractivity contribution in [1.29, 1.82) is 0 Å². The van der Waals surface area contributed by atoms with E-state index in [1.165, 1.54) is 59.6 Å². The number of hydrogen-bond acceptors (Lipinski definition) is 0. The van der Waals surface area contributed by atoms with Gasteiger partial charge < -0.3 is 0 Å². The van der Waals surface area contributed by atoms with Crippen molar-refractivity contribution < 1.29 is 0 Å². The number of rotatable bonds is 11. The highest BCUT2D eigenvalue weighted by Crippen LogP contribution is 2.38. The molecule has 0 amide bonds. The van der Waals surface area contributed by atoms with Crippen LogP contribution in [0.3, 0.4) is 0 Å². The van der Waals surface area contributed by atoms with E-state index in [9.17, 15) is 0 Å². The van der Waals surface area contributed by atoms with Crippen LogP contribution in [0.25, 0.3) is 10.8 Å². The van der Waals surface area contributed by atoms with Crippen molar-refractivity contribution in [2.75, 3.05) is 0 Å². The summed E-state index contributed by atoms with van der Waals surface area (Å²) in [5.41, 5.74) is 4.36. The summed E-state index contributed by atoms with van der Waals surface area (Å²) in [6.45, 7) is 2.31. The van der Waals surface area contributed by atoms with Gasteiger partial charge in [-0.3, -0.25) is 0 Å². The number of fused-ring (bicyclic) bond motifs is 1. The maximum Gasteiger partial charge on any atom is -0.00591 e. The van der Waals surface area contributed by atoms with E-state index >= 15 is 0 Å². The van der Waals surface area contributed by atoms with Crippen LogP contribution in [-0.2, 0) is 12.8 Å². The van der Waals surface area contributed by atoms with Crippen molar-refractivity contribution in [3.63, 3.8) is 0 Å². The minimum Gasteiger partial charge on any atom is -0.0654 e. The van der Waals surface area contributed by atoms with Crippen molar-refractivity contribution in [1.82, 2.24) is 0 Å².